The molecule has 4 heteroatoms. The fourth-order valence-corrected chi connectivity index (χ4v) is 2.32. The first-order valence-electron chi connectivity index (χ1n) is 6.79. The molecule has 0 saturated carbocycles. The van der Waals surface area contributed by atoms with E-state index < -0.39 is 0 Å². The van der Waals surface area contributed by atoms with Crippen molar-refractivity contribution in [1.29, 1.82) is 0 Å². The fourth-order valence-electron chi connectivity index (χ4n) is 2.32. The van der Waals surface area contributed by atoms with Crippen molar-refractivity contribution in [3.8, 4) is 5.75 Å². The van der Waals surface area contributed by atoms with E-state index in [0.29, 0.717) is 13.0 Å². The number of hydrogen-bond donors (Lipinski definition) is 2. The highest BCUT2D eigenvalue weighted by atomic mass is 16.5. The molecule has 0 aliphatic heterocycles. The summed E-state index contributed by atoms with van der Waals surface area (Å²) in [5.74, 6) is 0.775. The number of amides is 1. The van der Waals surface area contributed by atoms with Crippen LogP contribution in [-0.4, -0.2) is 23.7 Å². The van der Waals surface area contributed by atoms with Gasteiger partial charge in [0.15, 0.2) is 0 Å². The lowest BCUT2D eigenvalue weighted by molar-refractivity contribution is -0.122. The number of aliphatic hydroxyl groups is 1. The summed E-state index contributed by atoms with van der Waals surface area (Å²) in [5, 5.41) is 12.5. The second-order valence-electron chi connectivity index (χ2n) is 5.24. The number of fused-ring (bicyclic) bond motifs is 1. The van der Waals surface area contributed by atoms with Crippen LogP contribution in [0.2, 0.25) is 0 Å². The maximum Gasteiger partial charge on any atom is 0.223 e. The molecule has 1 aromatic rings. The smallest absolute Gasteiger partial charge is 0.223 e. The van der Waals surface area contributed by atoms with Crippen LogP contribution in [0, 0.1) is 0 Å². The van der Waals surface area contributed by atoms with Gasteiger partial charge >= 0.3 is 0 Å². The summed E-state index contributed by atoms with van der Waals surface area (Å²) in [6.07, 6.45) is 1.70. The number of benzene rings is 1. The van der Waals surface area contributed by atoms with Crippen LogP contribution >= 0.6 is 0 Å². The van der Waals surface area contributed by atoms with Crippen LogP contribution in [0.25, 0.3) is 0 Å². The largest absolute Gasteiger partial charge is 0.493 e. The summed E-state index contributed by atoms with van der Waals surface area (Å²) in [7, 11) is 0. The number of hydrogen-bond acceptors (Lipinski definition) is 3. The molecule has 1 aliphatic carbocycles. The van der Waals surface area contributed by atoms with E-state index in [1.165, 1.54) is 0 Å². The summed E-state index contributed by atoms with van der Waals surface area (Å²) in [6, 6.07) is 5.89. The third kappa shape index (κ3) is 3.70. The maximum absolute atomic E-state index is 11.4. The molecule has 0 fully saturated rings. The number of ether oxygens (including phenoxy) is 1. The molecule has 2 N–H and O–H groups in total. The van der Waals surface area contributed by atoms with Crippen molar-refractivity contribution >= 4 is 5.91 Å². The van der Waals surface area contributed by atoms with Crippen LogP contribution < -0.4 is 10.1 Å². The third-order valence-electron chi connectivity index (χ3n) is 3.21. The minimum atomic E-state index is -0.333. The lowest BCUT2D eigenvalue weighted by Gasteiger charge is -2.10. The summed E-state index contributed by atoms with van der Waals surface area (Å²) in [6.45, 7) is 4.25. The third-order valence-corrected chi connectivity index (χ3v) is 3.21. The van der Waals surface area contributed by atoms with Crippen molar-refractivity contribution in [2.75, 3.05) is 6.61 Å². The Balaban J connectivity index is 1.83. The van der Waals surface area contributed by atoms with E-state index in [9.17, 15) is 9.90 Å². The van der Waals surface area contributed by atoms with Crippen LogP contribution in [0.3, 0.4) is 0 Å². The predicted molar refractivity (Wildman–Crippen MR) is 73.1 cm³/mol. The zero-order valence-electron chi connectivity index (χ0n) is 11.5. The molecule has 104 valence electrons. The van der Waals surface area contributed by atoms with E-state index in [0.717, 1.165) is 29.7 Å². The van der Waals surface area contributed by atoms with Crippen LogP contribution in [0.1, 0.15) is 43.9 Å². The molecule has 19 heavy (non-hydrogen) atoms. The Morgan fingerprint density at radius 3 is 3.05 bits per heavy atom. The van der Waals surface area contributed by atoms with Gasteiger partial charge in [-0.25, -0.2) is 0 Å². The van der Waals surface area contributed by atoms with Gasteiger partial charge in [0, 0.05) is 6.04 Å². The zero-order valence-corrected chi connectivity index (χ0v) is 11.5. The van der Waals surface area contributed by atoms with Crippen LogP contribution in [-0.2, 0) is 11.2 Å². The van der Waals surface area contributed by atoms with Crippen molar-refractivity contribution in [3.63, 3.8) is 0 Å². The first-order chi connectivity index (χ1) is 9.06. The Kier molecular flexibility index (Phi) is 4.43. The summed E-state index contributed by atoms with van der Waals surface area (Å²) < 4.78 is 5.58. The Hall–Kier alpha value is -1.55. The van der Waals surface area contributed by atoms with Crippen molar-refractivity contribution in [2.45, 2.75) is 45.3 Å². The van der Waals surface area contributed by atoms with Crippen molar-refractivity contribution < 1.29 is 14.6 Å². The van der Waals surface area contributed by atoms with E-state index >= 15 is 0 Å². The Bertz CT molecular complexity index is 457. The highest BCUT2D eigenvalue weighted by Crippen LogP contribution is 2.33. The molecule has 4 nitrogen and oxygen atoms in total. The van der Waals surface area contributed by atoms with Gasteiger partial charge in [0.2, 0.25) is 5.91 Å². The van der Waals surface area contributed by atoms with E-state index in [2.05, 4.69) is 5.32 Å². The molecular weight excluding hydrogens is 242 g/mol. The number of aryl methyl sites for hydroxylation is 1. The van der Waals surface area contributed by atoms with Crippen molar-refractivity contribution in [1.82, 2.24) is 5.32 Å². The number of rotatable bonds is 5. The molecule has 1 atom stereocenters. The second-order valence-corrected chi connectivity index (χ2v) is 5.24. The van der Waals surface area contributed by atoms with E-state index in [1.807, 2.05) is 32.0 Å². The molecule has 2 rings (SSSR count). The van der Waals surface area contributed by atoms with Gasteiger partial charge in [0.1, 0.15) is 5.75 Å². The summed E-state index contributed by atoms with van der Waals surface area (Å²) in [4.78, 5) is 11.4. The molecule has 1 aliphatic rings. The average molecular weight is 263 g/mol. The maximum atomic E-state index is 11.4. The van der Waals surface area contributed by atoms with Crippen LogP contribution in [0.4, 0.5) is 0 Å². The molecular formula is C15H21NO3. The Morgan fingerprint density at radius 2 is 2.32 bits per heavy atom. The van der Waals surface area contributed by atoms with Gasteiger partial charge in [-0.3, -0.25) is 4.79 Å². The molecule has 0 saturated heterocycles. The van der Waals surface area contributed by atoms with E-state index in [4.69, 9.17) is 4.74 Å². The highest BCUT2D eigenvalue weighted by Gasteiger charge is 2.20. The number of carbonyl (C=O) groups excluding carboxylic acids is 1. The minimum Gasteiger partial charge on any atom is -0.493 e. The molecule has 0 aromatic heterocycles. The number of aliphatic hydroxyl groups excluding tert-OH is 1. The van der Waals surface area contributed by atoms with Gasteiger partial charge in [0.25, 0.3) is 0 Å². The van der Waals surface area contributed by atoms with E-state index in [-0.39, 0.29) is 18.1 Å². The standard InChI is InChI=1S/C15H21NO3/c1-10(2)16-15(18)7-8-19-12-4-5-13-11(9-12)3-6-14(13)17/h4-5,9-10,14,17H,3,6-8H2,1-2H3,(H,16,18)/t14-/m0/s1. The van der Waals surface area contributed by atoms with E-state index in [1.54, 1.807) is 0 Å². The monoisotopic (exact) mass is 263 g/mol. The van der Waals surface area contributed by atoms with Crippen LogP contribution in [0.15, 0.2) is 18.2 Å². The fraction of sp³-hybridized carbons (Fsp3) is 0.533. The van der Waals surface area contributed by atoms with Gasteiger partial charge in [-0.05, 0) is 49.9 Å². The first-order valence-corrected chi connectivity index (χ1v) is 6.79. The first kappa shape index (κ1) is 13.9. The predicted octanol–water partition coefficient (Wildman–Crippen LogP) is 1.96. The molecule has 1 aromatic carbocycles. The van der Waals surface area contributed by atoms with Crippen LogP contribution in [0.5, 0.6) is 5.75 Å². The van der Waals surface area contributed by atoms with Gasteiger partial charge in [0.05, 0.1) is 19.1 Å². The molecule has 1 amide bonds. The Labute approximate surface area is 113 Å². The highest BCUT2D eigenvalue weighted by molar-refractivity contribution is 5.76. The normalized spacial score (nSPS) is 17.4. The lowest BCUT2D eigenvalue weighted by Crippen LogP contribution is -2.31. The molecule has 0 spiro atoms. The van der Waals surface area contributed by atoms with Crippen molar-refractivity contribution in [3.05, 3.63) is 29.3 Å². The SMILES string of the molecule is CC(C)NC(=O)CCOc1ccc2c(c1)CC[C@@H]2O. The quantitative estimate of drug-likeness (QED) is 0.853. The van der Waals surface area contributed by atoms with Gasteiger partial charge < -0.3 is 15.2 Å². The summed E-state index contributed by atoms with van der Waals surface area (Å²) >= 11 is 0. The molecule has 0 bridgehead atoms. The van der Waals surface area contributed by atoms with Gasteiger partial charge in [-0.2, -0.15) is 0 Å². The number of nitrogens with one attached hydrogen (secondary N) is 1. The lowest BCUT2D eigenvalue weighted by atomic mass is 10.1. The topological polar surface area (TPSA) is 58.6 Å². The Morgan fingerprint density at radius 1 is 1.53 bits per heavy atom. The average Bonchev–Trinajstić information content (AvgIpc) is 2.70. The summed E-state index contributed by atoms with van der Waals surface area (Å²) in [5.41, 5.74) is 2.15. The second kappa shape index (κ2) is 6.06. The number of carbonyl (C=O) groups is 1. The van der Waals surface area contributed by atoms with Crippen molar-refractivity contribution in [2.24, 2.45) is 0 Å². The van der Waals surface area contributed by atoms with Gasteiger partial charge in [-0.1, -0.05) is 6.07 Å². The zero-order chi connectivity index (χ0) is 13.8. The molecule has 0 unspecified atom stereocenters. The molecule has 0 radical (unpaired) electrons. The molecule has 0 heterocycles. The van der Waals surface area contributed by atoms with Gasteiger partial charge in [-0.15, -0.1) is 0 Å². The minimum absolute atomic E-state index is 0.00609.